The second-order valence-corrected chi connectivity index (χ2v) is 13.9. The van der Waals surface area contributed by atoms with Crippen LogP contribution in [-0.2, 0) is 14.4 Å². The highest BCUT2D eigenvalue weighted by Gasteiger charge is 2.68. The predicted octanol–water partition coefficient (Wildman–Crippen LogP) is 3.21. The summed E-state index contributed by atoms with van der Waals surface area (Å²) >= 11 is 1.35. The van der Waals surface area contributed by atoms with Gasteiger partial charge in [0, 0.05) is 36.5 Å². The molecule has 6 rings (SSSR count). The zero-order valence-electron chi connectivity index (χ0n) is 27.6. The number of aliphatic hydroxyl groups excluding tert-OH is 3. The number of benzene rings is 2. The molecule has 3 aliphatic rings. The van der Waals surface area contributed by atoms with Crippen LogP contribution in [0.4, 0.5) is 16.5 Å². The molecule has 0 bridgehead atoms. The fourth-order valence-electron chi connectivity index (χ4n) is 7.72. The minimum absolute atomic E-state index is 0.107. The molecule has 3 unspecified atom stereocenters. The highest BCUT2D eigenvalue weighted by molar-refractivity contribution is 7.19. The smallest absolute Gasteiger partial charge is 0.255 e. The minimum atomic E-state index is -2.98. The maximum Gasteiger partial charge on any atom is 0.255 e. The highest BCUT2D eigenvalue weighted by Crippen LogP contribution is 2.57. The number of amides is 1. The maximum atomic E-state index is 14.2. The van der Waals surface area contributed by atoms with E-state index in [2.05, 4.69) is 29.0 Å². The van der Waals surface area contributed by atoms with Crippen molar-refractivity contribution in [2.24, 2.45) is 17.6 Å². The third-order valence-corrected chi connectivity index (χ3v) is 11.1. The van der Waals surface area contributed by atoms with Crippen molar-refractivity contribution >= 4 is 51.1 Å². The molecule has 1 fully saturated rings. The Morgan fingerprint density at radius 1 is 1.06 bits per heavy atom. The van der Waals surface area contributed by atoms with E-state index in [0.29, 0.717) is 10.7 Å². The molecule has 1 aromatic heterocycles. The number of aliphatic hydroxyl groups is 4. The van der Waals surface area contributed by atoms with Crippen molar-refractivity contribution in [3.8, 4) is 16.2 Å². The van der Waals surface area contributed by atoms with E-state index in [1.165, 1.54) is 30.3 Å². The first-order chi connectivity index (χ1) is 23.2. The zero-order chi connectivity index (χ0) is 35.7. The van der Waals surface area contributed by atoms with Crippen molar-refractivity contribution < 1.29 is 39.9 Å². The van der Waals surface area contributed by atoms with Crippen molar-refractivity contribution in [1.82, 2.24) is 9.88 Å². The quantitative estimate of drug-likeness (QED) is 0.134. The van der Waals surface area contributed by atoms with Crippen LogP contribution in [0.3, 0.4) is 0 Å². The van der Waals surface area contributed by atoms with Crippen molar-refractivity contribution in [3.63, 3.8) is 0 Å². The van der Waals surface area contributed by atoms with E-state index in [1.807, 2.05) is 24.3 Å². The van der Waals surface area contributed by atoms with Gasteiger partial charge in [-0.05, 0) is 63.2 Å². The van der Waals surface area contributed by atoms with Gasteiger partial charge in [-0.25, -0.2) is 4.98 Å². The number of carbonyl (C=O) groups is 3. The fraction of sp³-hybridized carbons (Fsp3) is 0.371. The van der Waals surface area contributed by atoms with Gasteiger partial charge in [0.15, 0.2) is 16.5 Å². The highest BCUT2D eigenvalue weighted by atomic mass is 32.1. The van der Waals surface area contributed by atoms with E-state index in [9.17, 15) is 39.9 Å². The minimum Gasteiger partial charge on any atom is -0.508 e. The molecule has 0 radical (unpaired) electrons. The number of nitrogens with zero attached hydrogens (tertiary/aromatic N) is 3. The maximum absolute atomic E-state index is 14.2. The number of phenolic OH excluding ortho intramolecular Hbond substituents is 1. The van der Waals surface area contributed by atoms with Crippen molar-refractivity contribution in [2.45, 2.75) is 44.4 Å². The summed E-state index contributed by atoms with van der Waals surface area (Å²) in [5.41, 5.74) is 3.54. The van der Waals surface area contributed by atoms with Gasteiger partial charge in [-0.3, -0.25) is 19.3 Å². The van der Waals surface area contributed by atoms with Gasteiger partial charge in [-0.2, -0.15) is 0 Å². The standard InChI is InChI=1S/C35H39N5O8S/c1-6-40(7-2)17-10-8-16(9-11-17)20-14-37-34(49-20)38-19-13-12-18-15(3)21-23(28(42)22(18)27(19)41)31(45)35(48)25(29(21)43)26(39(4)5)30(44)24(32(35)46)33(36)47/h8-15,21,25-26,29,41-43,46,48H,6-7H2,1-5H3,(H2,36,47)(H,37,38)/t15-,21?,25?,26-,29?,35-/m0/s1. The second-order valence-electron chi connectivity index (χ2n) is 12.8. The van der Waals surface area contributed by atoms with Crippen LogP contribution in [0.5, 0.6) is 5.75 Å². The number of rotatable bonds is 8. The van der Waals surface area contributed by atoms with Gasteiger partial charge in [0.2, 0.25) is 5.78 Å². The number of primary amides is 1. The molecular weight excluding hydrogens is 650 g/mol. The molecule has 8 N–H and O–H groups in total. The largest absolute Gasteiger partial charge is 0.508 e. The number of Topliss-reactive ketones (excluding diaryl/α,β-unsaturated/α-hetero) is 2. The average Bonchev–Trinajstić information content (AvgIpc) is 3.53. The van der Waals surface area contributed by atoms with E-state index in [0.717, 1.165) is 29.2 Å². The van der Waals surface area contributed by atoms with Crippen LogP contribution in [0.25, 0.3) is 16.2 Å². The van der Waals surface area contributed by atoms with Crippen molar-refractivity contribution in [3.05, 3.63) is 70.6 Å². The summed E-state index contributed by atoms with van der Waals surface area (Å²) in [6.07, 6.45) is 0.0434. The van der Waals surface area contributed by atoms with E-state index in [4.69, 9.17) is 5.73 Å². The Morgan fingerprint density at radius 2 is 1.71 bits per heavy atom. The van der Waals surface area contributed by atoms with Crippen LogP contribution in [0.2, 0.25) is 0 Å². The molecule has 258 valence electrons. The first kappa shape index (κ1) is 34.1. The first-order valence-corrected chi connectivity index (χ1v) is 16.8. The molecule has 14 heteroatoms. The molecule has 1 saturated carbocycles. The van der Waals surface area contributed by atoms with E-state index < -0.39 is 81.4 Å². The summed E-state index contributed by atoms with van der Waals surface area (Å²) in [7, 11) is 2.93. The topological polar surface area (TPSA) is 210 Å². The van der Waals surface area contributed by atoms with E-state index in [1.54, 1.807) is 25.3 Å². The number of fused-ring (bicyclic) bond motifs is 3. The van der Waals surface area contributed by atoms with Gasteiger partial charge in [0.25, 0.3) is 5.91 Å². The van der Waals surface area contributed by atoms with E-state index in [-0.39, 0.29) is 11.3 Å². The summed E-state index contributed by atoms with van der Waals surface area (Å²) in [4.78, 5) is 48.7. The third kappa shape index (κ3) is 5.00. The van der Waals surface area contributed by atoms with Crippen molar-refractivity contribution in [1.29, 1.82) is 0 Å². The lowest BCUT2D eigenvalue weighted by Crippen LogP contribution is -2.70. The van der Waals surface area contributed by atoms with Crippen LogP contribution in [0.15, 0.2) is 59.5 Å². The van der Waals surface area contributed by atoms with Crippen LogP contribution in [0, 0.1) is 11.8 Å². The Kier molecular flexibility index (Phi) is 8.55. The number of hydrogen-bond donors (Lipinski definition) is 7. The van der Waals surface area contributed by atoms with Gasteiger partial charge in [0.05, 0.1) is 34.2 Å². The Bertz CT molecular complexity index is 1930. The number of likely N-dealkylation sites (N-methyl/N-ethyl adjacent to an activating group) is 1. The molecule has 6 atom stereocenters. The lowest BCUT2D eigenvalue weighted by molar-refractivity contribution is -0.169. The zero-order valence-corrected chi connectivity index (χ0v) is 28.4. The molecule has 2 aromatic carbocycles. The Labute approximate surface area is 286 Å². The van der Waals surface area contributed by atoms with Crippen LogP contribution < -0.4 is 16.0 Å². The molecule has 0 spiro atoms. The van der Waals surface area contributed by atoms with Gasteiger partial charge in [-0.1, -0.05) is 36.5 Å². The fourth-order valence-corrected chi connectivity index (χ4v) is 8.56. The molecule has 1 heterocycles. The Balaban J connectivity index is 1.39. The Hall–Kier alpha value is -4.76. The molecule has 1 amide bonds. The number of anilines is 3. The predicted molar refractivity (Wildman–Crippen MR) is 185 cm³/mol. The summed E-state index contributed by atoms with van der Waals surface area (Å²) in [5, 5.41) is 61.4. The summed E-state index contributed by atoms with van der Waals surface area (Å²) in [5.74, 6) is -9.40. The van der Waals surface area contributed by atoms with Gasteiger partial charge < -0.3 is 41.5 Å². The summed E-state index contributed by atoms with van der Waals surface area (Å²) < 4.78 is 0. The monoisotopic (exact) mass is 689 g/mol. The molecule has 3 aromatic rings. The second kappa shape index (κ2) is 12.3. The molecular formula is C35H39N5O8S. The molecule has 0 aliphatic heterocycles. The van der Waals surface area contributed by atoms with Gasteiger partial charge in [-0.15, -0.1) is 0 Å². The first-order valence-electron chi connectivity index (χ1n) is 16.0. The van der Waals surface area contributed by atoms with E-state index >= 15 is 0 Å². The molecule has 49 heavy (non-hydrogen) atoms. The number of aromatic nitrogens is 1. The van der Waals surface area contributed by atoms with Gasteiger partial charge >= 0.3 is 0 Å². The third-order valence-electron chi connectivity index (χ3n) is 10.2. The Morgan fingerprint density at radius 3 is 2.31 bits per heavy atom. The molecule has 0 saturated heterocycles. The van der Waals surface area contributed by atoms with Crippen molar-refractivity contribution in [2.75, 3.05) is 37.4 Å². The number of nitrogens with one attached hydrogen (secondary N) is 1. The molecule has 13 nitrogen and oxygen atoms in total. The number of carbonyl (C=O) groups excluding carboxylic acids is 3. The van der Waals surface area contributed by atoms with Crippen LogP contribution in [-0.4, -0.2) is 97.8 Å². The number of phenols is 1. The van der Waals surface area contributed by atoms with Gasteiger partial charge in [0.1, 0.15) is 22.8 Å². The molecule has 3 aliphatic carbocycles. The summed E-state index contributed by atoms with van der Waals surface area (Å²) in [6, 6.07) is 9.95. The van der Waals surface area contributed by atoms with Crippen LogP contribution in [0.1, 0.15) is 37.8 Å². The number of thiazole rings is 1. The summed E-state index contributed by atoms with van der Waals surface area (Å²) in [6.45, 7) is 7.67. The average molecular weight is 690 g/mol. The normalized spacial score (nSPS) is 26.4. The lowest BCUT2D eigenvalue weighted by atomic mass is 9.54. The number of ketones is 2. The number of hydrogen-bond acceptors (Lipinski definition) is 13. The number of nitrogens with two attached hydrogens (primary N) is 1. The lowest BCUT2D eigenvalue weighted by Gasteiger charge is -2.53. The van der Waals surface area contributed by atoms with Crippen LogP contribution >= 0.6 is 11.3 Å². The number of aromatic hydroxyl groups is 1. The SMILES string of the molecule is CCN(CC)c1ccc(-c2cnc(Nc3ccc4c(c3O)C(O)=C3C(=O)[C@]5(O)C(O)=C(C(N)=O)C(=O)[C@@H](N(C)C)C5C(O)C3[C@H]4C)s2)cc1.